The first-order valence-electron chi connectivity index (χ1n) is 5.90. The molecule has 1 aromatic rings. The van der Waals surface area contributed by atoms with Gasteiger partial charge in [0.15, 0.2) is 0 Å². The molecule has 1 amide bonds. The summed E-state index contributed by atoms with van der Waals surface area (Å²) < 4.78 is 22.8. The van der Waals surface area contributed by atoms with Crippen molar-refractivity contribution in [1.82, 2.24) is 0 Å². The minimum absolute atomic E-state index is 0.0227. The van der Waals surface area contributed by atoms with E-state index in [4.69, 9.17) is 10.9 Å². The Kier molecular flexibility index (Phi) is 5.31. The molecule has 20 heavy (non-hydrogen) atoms. The number of hydrogen-bond donors (Lipinski definition) is 3. The van der Waals surface area contributed by atoms with Crippen LogP contribution in [0.15, 0.2) is 27.6 Å². The number of carbonyl (C=O) groups is 1. The van der Waals surface area contributed by atoms with Gasteiger partial charge in [-0.05, 0) is 54.4 Å². The van der Waals surface area contributed by atoms with Gasteiger partial charge in [-0.15, -0.1) is 0 Å². The fourth-order valence-corrected chi connectivity index (χ4v) is 2.59. The van der Waals surface area contributed by atoms with Crippen molar-refractivity contribution in [2.24, 2.45) is 10.9 Å². The van der Waals surface area contributed by atoms with Crippen molar-refractivity contribution in [3.05, 3.63) is 22.7 Å². The van der Waals surface area contributed by atoms with Crippen LogP contribution >= 0.6 is 15.9 Å². The molecule has 0 aliphatic carbocycles. The summed E-state index contributed by atoms with van der Waals surface area (Å²) in [6.07, 6.45) is 0.832. The van der Waals surface area contributed by atoms with Gasteiger partial charge >= 0.3 is 0 Å². The molecule has 0 aliphatic rings. The number of hydrogen-bond acceptors (Lipinski definition) is 4. The fourth-order valence-electron chi connectivity index (χ4n) is 1.42. The van der Waals surface area contributed by atoms with Crippen molar-refractivity contribution >= 4 is 37.5 Å². The van der Waals surface area contributed by atoms with Crippen LogP contribution in [0.2, 0.25) is 0 Å². The van der Waals surface area contributed by atoms with E-state index in [1.807, 2.05) is 13.8 Å². The molecule has 1 aromatic carbocycles. The highest BCUT2D eigenvalue weighted by Gasteiger charge is 2.15. The number of carbonyl (C=O) groups excluding carboxylic acids is 1. The molecule has 0 spiro atoms. The number of nitrogens with one attached hydrogen (secondary N) is 1. The van der Waals surface area contributed by atoms with E-state index < -0.39 is 15.6 Å². The summed E-state index contributed by atoms with van der Waals surface area (Å²) in [6.45, 7) is 3.69. The second-order valence-electron chi connectivity index (χ2n) is 5.22. The Balaban J connectivity index is 2.77. The predicted molar refractivity (Wildman–Crippen MR) is 81.6 cm³/mol. The van der Waals surface area contributed by atoms with Crippen LogP contribution in [0.25, 0.3) is 0 Å². The summed E-state index contributed by atoms with van der Waals surface area (Å²) in [5.74, 6) is -0.187. The smallest absolute Gasteiger partial charge is 0.238 e. The van der Waals surface area contributed by atoms with Gasteiger partial charge in [-0.1, -0.05) is 0 Å². The van der Waals surface area contributed by atoms with Crippen LogP contribution < -0.4 is 16.2 Å². The number of primary sulfonamides is 1. The van der Waals surface area contributed by atoms with E-state index in [2.05, 4.69) is 21.2 Å². The van der Waals surface area contributed by atoms with Gasteiger partial charge in [-0.3, -0.25) is 4.79 Å². The highest BCUT2D eigenvalue weighted by molar-refractivity contribution is 9.10. The Morgan fingerprint density at radius 2 is 2.00 bits per heavy atom. The molecule has 0 saturated heterocycles. The lowest BCUT2D eigenvalue weighted by atomic mass is 10.00. The Hall–Kier alpha value is -0.960. The summed E-state index contributed by atoms with van der Waals surface area (Å²) in [5.41, 5.74) is 5.88. The third kappa shape index (κ3) is 5.58. The Bertz CT molecular complexity index is 609. The van der Waals surface area contributed by atoms with Crippen molar-refractivity contribution in [1.29, 1.82) is 0 Å². The van der Waals surface area contributed by atoms with Gasteiger partial charge in [0, 0.05) is 16.4 Å². The summed E-state index contributed by atoms with van der Waals surface area (Å²) in [7, 11) is -3.76. The van der Waals surface area contributed by atoms with Crippen LogP contribution in [0.4, 0.5) is 5.69 Å². The molecular formula is C12H18BrN3O3S. The molecule has 0 unspecified atom stereocenters. The second-order valence-corrected chi connectivity index (χ2v) is 7.64. The topological polar surface area (TPSA) is 115 Å². The first-order valence-corrected chi connectivity index (χ1v) is 8.24. The third-order valence-electron chi connectivity index (χ3n) is 2.54. The van der Waals surface area contributed by atoms with Crippen molar-refractivity contribution < 1.29 is 13.2 Å². The Morgan fingerprint density at radius 1 is 1.40 bits per heavy atom. The Morgan fingerprint density at radius 3 is 2.45 bits per heavy atom. The van der Waals surface area contributed by atoms with Gasteiger partial charge in [-0.25, -0.2) is 13.6 Å². The maximum absolute atomic E-state index is 11.8. The molecule has 1 rings (SSSR count). The largest absolute Gasteiger partial charge is 0.326 e. The molecule has 0 radical (unpaired) electrons. The van der Waals surface area contributed by atoms with E-state index in [9.17, 15) is 13.2 Å². The molecule has 0 fully saturated rings. The Labute approximate surface area is 127 Å². The molecule has 5 N–H and O–H groups in total. The molecule has 6 nitrogen and oxygen atoms in total. The minimum atomic E-state index is -3.76. The number of amides is 1. The van der Waals surface area contributed by atoms with Gasteiger partial charge in [0.2, 0.25) is 15.9 Å². The number of nitrogens with two attached hydrogens (primary N) is 2. The molecule has 8 heteroatoms. The quantitative estimate of drug-likeness (QED) is 0.735. The third-order valence-corrected chi connectivity index (χ3v) is 4.11. The number of halogens is 1. The van der Waals surface area contributed by atoms with Crippen LogP contribution in [0.1, 0.15) is 26.7 Å². The van der Waals surface area contributed by atoms with E-state index in [1.165, 1.54) is 18.2 Å². The van der Waals surface area contributed by atoms with Gasteiger partial charge < -0.3 is 11.1 Å². The maximum atomic E-state index is 11.8. The molecule has 0 atom stereocenters. The van der Waals surface area contributed by atoms with Gasteiger partial charge in [-0.2, -0.15) is 0 Å². The molecule has 0 saturated carbocycles. The van der Waals surface area contributed by atoms with E-state index in [0.29, 0.717) is 16.6 Å². The molecule has 0 aliphatic heterocycles. The summed E-state index contributed by atoms with van der Waals surface area (Å²) in [6, 6.07) is 4.16. The molecule has 0 aromatic heterocycles. The molecule has 112 valence electrons. The number of sulfonamides is 1. The monoisotopic (exact) mass is 363 g/mol. The molecule has 0 heterocycles. The van der Waals surface area contributed by atoms with Crippen molar-refractivity contribution in [2.45, 2.75) is 37.1 Å². The van der Waals surface area contributed by atoms with Crippen LogP contribution in [0.5, 0.6) is 0 Å². The fraction of sp³-hybridized carbons (Fsp3) is 0.417. The van der Waals surface area contributed by atoms with Crippen molar-refractivity contribution in [2.75, 3.05) is 5.32 Å². The number of rotatable bonds is 5. The highest BCUT2D eigenvalue weighted by Crippen LogP contribution is 2.25. The van der Waals surface area contributed by atoms with Crippen molar-refractivity contribution in [3.8, 4) is 0 Å². The lowest BCUT2D eigenvalue weighted by molar-refractivity contribution is -0.116. The average Bonchev–Trinajstić information content (AvgIpc) is 2.27. The van der Waals surface area contributed by atoms with E-state index in [-0.39, 0.29) is 17.2 Å². The lowest BCUT2D eigenvalue weighted by Gasteiger charge is -2.17. The van der Waals surface area contributed by atoms with Gasteiger partial charge in [0.1, 0.15) is 0 Å². The first-order chi connectivity index (χ1) is 8.99. The average molecular weight is 364 g/mol. The normalized spacial score (nSPS) is 12.2. The predicted octanol–water partition coefficient (Wildman–Crippen LogP) is 1.55. The van der Waals surface area contributed by atoms with E-state index in [1.54, 1.807) is 0 Å². The van der Waals surface area contributed by atoms with Crippen LogP contribution in [0.3, 0.4) is 0 Å². The van der Waals surface area contributed by atoms with E-state index >= 15 is 0 Å². The van der Waals surface area contributed by atoms with E-state index in [0.717, 1.165) is 0 Å². The van der Waals surface area contributed by atoms with Gasteiger partial charge in [0.25, 0.3) is 0 Å². The lowest BCUT2D eigenvalue weighted by Crippen LogP contribution is -2.33. The first kappa shape index (κ1) is 17.1. The molecular weight excluding hydrogens is 346 g/mol. The summed E-state index contributed by atoms with van der Waals surface area (Å²) in [5, 5.41) is 7.71. The molecule has 0 bridgehead atoms. The zero-order valence-electron chi connectivity index (χ0n) is 11.3. The minimum Gasteiger partial charge on any atom is -0.326 e. The SMILES string of the molecule is CC(C)(N)CCC(=O)Nc1ccc(S(N)(=O)=O)cc1Br. The summed E-state index contributed by atoms with van der Waals surface area (Å²) >= 11 is 3.20. The maximum Gasteiger partial charge on any atom is 0.238 e. The van der Waals surface area contributed by atoms with Gasteiger partial charge in [0.05, 0.1) is 10.6 Å². The van der Waals surface area contributed by atoms with Crippen LogP contribution in [0, 0.1) is 0 Å². The van der Waals surface area contributed by atoms with Crippen LogP contribution in [-0.2, 0) is 14.8 Å². The highest BCUT2D eigenvalue weighted by atomic mass is 79.9. The van der Waals surface area contributed by atoms with Crippen LogP contribution in [-0.4, -0.2) is 19.9 Å². The second kappa shape index (κ2) is 6.21. The standard InChI is InChI=1S/C12H18BrN3O3S/c1-12(2,14)6-5-11(17)16-10-4-3-8(7-9(10)13)20(15,18)19/h3-4,7H,5-6,14H2,1-2H3,(H,16,17)(H2,15,18,19). The number of anilines is 1. The van der Waals surface area contributed by atoms with Crippen molar-refractivity contribution in [3.63, 3.8) is 0 Å². The zero-order valence-corrected chi connectivity index (χ0v) is 13.7. The summed E-state index contributed by atoms with van der Waals surface area (Å²) in [4.78, 5) is 11.7. The zero-order chi connectivity index (χ0) is 15.6. The number of benzene rings is 1.